The van der Waals surface area contributed by atoms with Crippen LogP contribution < -0.4 is 10.6 Å². The van der Waals surface area contributed by atoms with Crippen molar-refractivity contribution in [2.45, 2.75) is 19.8 Å². The van der Waals surface area contributed by atoms with Crippen LogP contribution in [0, 0.1) is 5.92 Å². The minimum Gasteiger partial charge on any atom is -0.399 e. The summed E-state index contributed by atoms with van der Waals surface area (Å²) in [6.45, 7) is 4.59. The molecule has 4 heteroatoms. The zero-order valence-electron chi connectivity index (χ0n) is 11.8. The second-order valence-corrected chi connectivity index (χ2v) is 5.32. The maximum absolute atomic E-state index is 12.3. The van der Waals surface area contributed by atoms with Gasteiger partial charge in [-0.3, -0.25) is 9.69 Å². The molecule has 0 aromatic heterocycles. The number of carbonyl (C=O) groups excluding carboxylic acids is 1. The number of hydrogen-bond donors (Lipinski definition) is 1. The molecule has 0 spiro atoms. The molecular formula is C15H23N3O. The predicted molar refractivity (Wildman–Crippen MR) is 79.1 cm³/mol. The minimum absolute atomic E-state index is 0.132. The molecule has 19 heavy (non-hydrogen) atoms. The molecule has 1 amide bonds. The van der Waals surface area contributed by atoms with Crippen molar-refractivity contribution < 1.29 is 4.79 Å². The number of amides is 1. The molecule has 1 fully saturated rings. The molecule has 0 unspecified atom stereocenters. The first-order valence-corrected chi connectivity index (χ1v) is 6.94. The minimum atomic E-state index is 0.132. The van der Waals surface area contributed by atoms with E-state index in [4.69, 9.17) is 5.73 Å². The van der Waals surface area contributed by atoms with Gasteiger partial charge in [-0.2, -0.15) is 0 Å². The third kappa shape index (κ3) is 3.96. The average Bonchev–Trinajstić information content (AvgIpc) is 3.22. The van der Waals surface area contributed by atoms with Gasteiger partial charge in [-0.15, -0.1) is 0 Å². The van der Waals surface area contributed by atoms with E-state index in [1.807, 2.05) is 31.3 Å². The molecule has 2 rings (SSSR count). The molecule has 1 aliphatic carbocycles. The van der Waals surface area contributed by atoms with Crippen LogP contribution in [-0.2, 0) is 4.79 Å². The van der Waals surface area contributed by atoms with Gasteiger partial charge < -0.3 is 10.6 Å². The van der Waals surface area contributed by atoms with Gasteiger partial charge in [-0.1, -0.05) is 6.92 Å². The van der Waals surface area contributed by atoms with Crippen molar-refractivity contribution in [1.29, 1.82) is 0 Å². The molecule has 1 aliphatic rings. The number of nitrogens with zero attached hydrogens (tertiary/aromatic N) is 2. The highest BCUT2D eigenvalue weighted by molar-refractivity contribution is 5.94. The van der Waals surface area contributed by atoms with Crippen LogP contribution in [0.2, 0.25) is 0 Å². The van der Waals surface area contributed by atoms with Gasteiger partial charge in [0.15, 0.2) is 0 Å². The number of nitrogen functional groups attached to an aromatic ring is 1. The molecule has 0 aliphatic heterocycles. The van der Waals surface area contributed by atoms with Crippen molar-refractivity contribution in [1.82, 2.24) is 4.90 Å². The maximum atomic E-state index is 12.3. The van der Waals surface area contributed by atoms with Crippen molar-refractivity contribution in [3.8, 4) is 0 Å². The Labute approximate surface area is 115 Å². The average molecular weight is 261 g/mol. The second-order valence-electron chi connectivity index (χ2n) is 5.32. The largest absolute Gasteiger partial charge is 0.399 e. The molecule has 0 radical (unpaired) electrons. The van der Waals surface area contributed by atoms with Crippen LogP contribution in [0.25, 0.3) is 0 Å². The second kappa shape index (κ2) is 6.06. The first kappa shape index (κ1) is 13.9. The topological polar surface area (TPSA) is 49.6 Å². The summed E-state index contributed by atoms with van der Waals surface area (Å²) in [4.78, 5) is 16.2. The summed E-state index contributed by atoms with van der Waals surface area (Å²) >= 11 is 0. The third-order valence-corrected chi connectivity index (χ3v) is 3.67. The maximum Gasteiger partial charge on any atom is 0.240 e. The Morgan fingerprint density at radius 3 is 2.47 bits per heavy atom. The smallest absolute Gasteiger partial charge is 0.240 e. The van der Waals surface area contributed by atoms with E-state index in [0.29, 0.717) is 12.2 Å². The van der Waals surface area contributed by atoms with Gasteiger partial charge >= 0.3 is 0 Å². The first-order chi connectivity index (χ1) is 9.10. The third-order valence-electron chi connectivity index (χ3n) is 3.67. The summed E-state index contributed by atoms with van der Waals surface area (Å²) in [6.07, 6.45) is 2.64. The van der Waals surface area contributed by atoms with E-state index in [1.165, 1.54) is 12.8 Å². The molecule has 104 valence electrons. The molecule has 1 aromatic rings. The zero-order valence-corrected chi connectivity index (χ0v) is 11.8. The number of nitrogens with two attached hydrogens (primary N) is 1. The molecule has 2 N–H and O–H groups in total. The van der Waals surface area contributed by atoms with Crippen molar-refractivity contribution >= 4 is 17.3 Å². The molecule has 1 aromatic carbocycles. The lowest BCUT2D eigenvalue weighted by atomic mass is 10.2. The number of rotatable bonds is 6. The van der Waals surface area contributed by atoms with Crippen molar-refractivity contribution in [2.24, 2.45) is 5.92 Å². The van der Waals surface area contributed by atoms with Gasteiger partial charge in [0.1, 0.15) is 0 Å². The van der Waals surface area contributed by atoms with Crippen LogP contribution in [0.3, 0.4) is 0 Å². The standard InChI is InChI=1S/C15H23N3O/c1-3-18(10-12-4-5-12)11-15(19)17(2)14-8-6-13(16)7-9-14/h6-9,12H,3-5,10-11,16H2,1-2H3. The van der Waals surface area contributed by atoms with E-state index in [9.17, 15) is 4.79 Å². The molecule has 0 atom stereocenters. The fourth-order valence-corrected chi connectivity index (χ4v) is 2.11. The van der Waals surface area contributed by atoms with E-state index in [-0.39, 0.29) is 5.91 Å². The van der Waals surface area contributed by atoms with Crippen LogP contribution in [0.5, 0.6) is 0 Å². The fraction of sp³-hybridized carbons (Fsp3) is 0.533. The van der Waals surface area contributed by atoms with Crippen molar-refractivity contribution in [3.63, 3.8) is 0 Å². The van der Waals surface area contributed by atoms with Gasteiger partial charge in [0.05, 0.1) is 6.54 Å². The van der Waals surface area contributed by atoms with Crippen LogP contribution in [0.4, 0.5) is 11.4 Å². The lowest BCUT2D eigenvalue weighted by Gasteiger charge is -2.24. The summed E-state index contributed by atoms with van der Waals surface area (Å²) in [5.74, 6) is 0.946. The van der Waals surface area contributed by atoms with Crippen LogP contribution in [0.1, 0.15) is 19.8 Å². The normalized spacial score (nSPS) is 14.7. The van der Waals surface area contributed by atoms with E-state index >= 15 is 0 Å². The van der Waals surface area contributed by atoms with E-state index in [2.05, 4.69) is 11.8 Å². The monoisotopic (exact) mass is 261 g/mol. The van der Waals surface area contributed by atoms with E-state index < -0.39 is 0 Å². The van der Waals surface area contributed by atoms with E-state index in [0.717, 1.165) is 24.7 Å². The number of carbonyl (C=O) groups is 1. The van der Waals surface area contributed by atoms with Gasteiger partial charge in [0, 0.05) is 25.0 Å². The van der Waals surface area contributed by atoms with Gasteiger partial charge in [0.25, 0.3) is 0 Å². The highest BCUT2D eigenvalue weighted by Gasteiger charge is 2.25. The molecule has 0 heterocycles. The highest BCUT2D eigenvalue weighted by Crippen LogP contribution is 2.29. The summed E-state index contributed by atoms with van der Waals surface area (Å²) in [6, 6.07) is 7.40. The summed E-state index contributed by atoms with van der Waals surface area (Å²) < 4.78 is 0. The lowest BCUT2D eigenvalue weighted by molar-refractivity contribution is -0.119. The Balaban J connectivity index is 1.91. The summed E-state index contributed by atoms with van der Waals surface area (Å²) in [7, 11) is 1.82. The Bertz CT molecular complexity index is 426. The molecule has 0 saturated heterocycles. The molecule has 0 bridgehead atoms. The van der Waals surface area contributed by atoms with Crippen molar-refractivity contribution in [2.75, 3.05) is 37.3 Å². The Morgan fingerprint density at radius 1 is 1.32 bits per heavy atom. The number of benzene rings is 1. The lowest BCUT2D eigenvalue weighted by Crippen LogP contribution is -2.39. The summed E-state index contributed by atoms with van der Waals surface area (Å²) in [5.41, 5.74) is 7.26. The number of hydrogen-bond acceptors (Lipinski definition) is 3. The Morgan fingerprint density at radius 2 is 1.95 bits per heavy atom. The Hall–Kier alpha value is -1.55. The number of likely N-dealkylation sites (N-methyl/N-ethyl adjacent to an activating group) is 2. The summed E-state index contributed by atoms with van der Waals surface area (Å²) in [5, 5.41) is 0. The van der Waals surface area contributed by atoms with E-state index in [1.54, 1.807) is 4.90 Å². The van der Waals surface area contributed by atoms with Crippen LogP contribution in [-0.4, -0.2) is 37.5 Å². The van der Waals surface area contributed by atoms with Crippen LogP contribution in [0.15, 0.2) is 24.3 Å². The fourth-order valence-electron chi connectivity index (χ4n) is 2.11. The SMILES string of the molecule is CCN(CC(=O)N(C)c1ccc(N)cc1)CC1CC1. The van der Waals surface area contributed by atoms with Gasteiger partial charge in [0.2, 0.25) is 5.91 Å². The van der Waals surface area contributed by atoms with Crippen LogP contribution >= 0.6 is 0 Å². The Kier molecular flexibility index (Phi) is 4.43. The van der Waals surface area contributed by atoms with Gasteiger partial charge in [-0.05, 0) is 49.6 Å². The zero-order chi connectivity index (χ0) is 13.8. The molecular weight excluding hydrogens is 238 g/mol. The molecule has 1 saturated carbocycles. The van der Waals surface area contributed by atoms with Crippen molar-refractivity contribution in [3.05, 3.63) is 24.3 Å². The number of anilines is 2. The molecule has 4 nitrogen and oxygen atoms in total. The predicted octanol–water partition coefficient (Wildman–Crippen LogP) is 1.96. The quantitative estimate of drug-likeness (QED) is 0.796. The highest BCUT2D eigenvalue weighted by atomic mass is 16.2. The first-order valence-electron chi connectivity index (χ1n) is 6.94. The van der Waals surface area contributed by atoms with Gasteiger partial charge in [-0.25, -0.2) is 0 Å².